The van der Waals surface area contributed by atoms with Crippen molar-refractivity contribution in [2.45, 2.75) is 13.8 Å². The van der Waals surface area contributed by atoms with Gasteiger partial charge in [-0.15, -0.1) is 0 Å². The zero-order chi connectivity index (χ0) is 19.1. The fourth-order valence-electron chi connectivity index (χ4n) is 2.91. The molecule has 2 heterocycles. The molecule has 0 N–H and O–H groups in total. The summed E-state index contributed by atoms with van der Waals surface area (Å²) in [7, 11) is 1.93. The van der Waals surface area contributed by atoms with E-state index in [0.29, 0.717) is 26.2 Å². The van der Waals surface area contributed by atoms with Crippen LogP contribution in [0.3, 0.4) is 0 Å². The molecule has 2 aromatic heterocycles. The Bertz CT molecular complexity index is 1180. The number of thiazole rings is 1. The Hall–Kier alpha value is -2.70. The van der Waals surface area contributed by atoms with Gasteiger partial charge in [0.05, 0.1) is 10.7 Å². The predicted molar refractivity (Wildman–Crippen MR) is 112 cm³/mol. The van der Waals surface area contributed by atoms with E-state index in [1.807, 2.05) is 62.2 Å². The molecular formula is C20H17ClN4OS. The number of aryl methyl sites for hydroxylation is 2. The second kappa shape index (κ2) is 6.79. The van der Waals surface area contributed by atoms with Gasteiger partial charge < -0.3 is 4.90 Å². The average Bonchev–Trinajstić information content (AvgIpc) is 3.08. The Morgan fingerprint density at radius 3 is 2.56 bits per heavy atom. The second-order valence-corrected chi connectivity index (χ2v) is 7.75. The lowest BCUT2D eigenvalue weighted by molar-refractivity contribution is 0.951. The highest BCUT2D eigenvalue weighted by atomic mass is 35.5. The van der Waals surface area contributed by atoms with Crippen LogP contribution in [-0.4, -0.2) is 21.6 Å². The molecule has 0 aliphatic heterocycles. The van der Waals surface area contributed by atoms with Crippen molar-refractivity contribution in [2.24, 2.45) is 0 Å². The van der Waals surface area contributed by atoms with Crippen LogP contribution in [0.4, 0.5) is 10.8 Å². The average molecular weight is 397 g/mol. The molecule has 0 unspecified atom stereocenters. The van der Waals surface area contributed by atoms with Gasteiger partial charge in [0.15, 0.2) is 10.8 Å². The maximum Gasteiger partial charge on any atom is 0.277 e. The molecule has 0 aliphatic rings. The van der Waals surface area contributed by atoms with Crippen molar-refractivity contribution < 1.29 is 0 Å². The van der Waals surface area contributed by atoms with Crippen LogP contribution in [0.1, 0.15) is 11.1 Å². The zero-order valence-electron chi connectivity index (χ0n) is 15.1. The molecule has 0 saturated heterocycles. The van der Waals surface area contributed by atoms with Crippen LogP contribution in [-0.2, 0) is 0 Å². The van der Waals surface area contributed by atoms with Crippen LogP contribution in [0.15, 0.2) is 53.6 Å². The first kappa shape index (κ1) is 17.7. The molecule has 0 fully saturated rings. The topological polar surface area (TPSA) is 51.0 Å². The number of para-hydroxylation sites is 1. The Morgan fingerprint density at radius 1 is 1.11 bits per heavy atom. The van der Waals surface area contributed by atoms with Crippen molar-refractivity contribution >= 4 is 44.1 Å². The van der Waals surface area contributed by atoms with Gasteiger partial charge >= 0.3 is 0 Å². The van der Waals surface area contributed by atoms with E-state index in [2.05, 4.69) is 9.97 Å². The first-order valence-corrected chi connectivity index (χ1v) is 9.59. The number of anilines is 2. The van der Waals surface area contributed by atoms with Crippen LogP contribution in [0.2, 0.25) is 5.02 Å². The first-order chi connectivity index (χ1) is 13.0. The van der Waals surface area contributed by atoms with E-state index >= 15 is 0 Å². The van der Waals surface area contributed by atoms with Crippen LogP contribution in [0.5, 0.6) is 0 Å². The monoisotopic (exact) mass is 396 g/mol. The number of aromatic nitrogens is 3. The number of benzene rings is 2. The third-order valence-electron chi connectivity index (χ3n) is 4.44. The number of hydrogen-bond donors (Lipinski definition) is 0. The van der Waals surface area contributed by atoms with Gasteiger partial charge in [-0.05, 0) is 37.6 Å². The molecule has 27 heavy (non-hydrogen) atoms. The number of hydrogen-bond acceptors (Lipinski definition) is 5. The largest absolute Gasteiger partial charge is 0.321 e. The van der Waals surface area contributed by atoms with Crippen molar-refractivity contribution in [3.8, 4) is 5.69 Å². The summed E-state index contributed by atoms with van der Waals surface area (Å²) in [5, 5.41) is 1.23. The lowest BCUT2D eigenvalue weighted by Crippen LogP contribution is -2.19. The summed E-state index contributed by atoms with van der Waals surface area (Å²) in [5.41, 5.74) is 4.03. The Kier molecular flexibility index (Phi) is 4.45. The molecule has 4 aromatic rings. The van der Waals surface area contributed by atoms with Gasteiger partial charge in [0, 0.05) is 12.7 Å². The molecule has 7 heteroatoms. The van der Waals surface area contributed by atoms with E-state index < -0.39 is 0 Å². The van der Waals surface area contributed by atoms with Gasteiger partial charge in [-0.2, -0.15) is 4.98 Å². The van der Waals surface area contributed by atoms with E-state index in [-0.39, 0.29) is 5.56 Å². The maximum absolute atomic E-state index is 13.1. The normalized spacial score (nSPS) is 11.1. The molecule has 0 radical (unpaired) electrons. The highest BCUT2D eigenvalue weighted by molar-refractivity contribution is 7.22. The van der Waals surface area contributed by atoms with Crippen LogP contribution in [0.25, 0.3) is 16.0 Å². The van der Waals surface area contributed by atoms with Gasteiger partial charge in [-0.3, -0.25) is 9.36 Å². The maximum atomic E-state index is 13.1. The first-order valence-electron chi connectivity index (χ1n) is 8.40. The quantitative estimate of drug-likeness (QED) is 0.495. The fraction of sp³-hybridized carbons (Fsp3) is 0.150. The van der Waals surface area contributed by atoms with Gasteiger partial charge in [-0.25, -0.2) is 4.98 Å². The zero-order valence-corrected chi connectivity index (χ0v) is 16.7. The standard InChI is InChI=1S/C20H17ClN4OS/c1-12-7-9-14(10-8-12)24(3)20-23-18-17(27-20)19(26)25(11-22-18)16-13(2)5-4-6-15(16)21/h4-11H,1-3H3. The van der Waals surface area contributed by atoms with Crippen molar-refractivity contribution in [3.05, 3.63) is 75.3 Å². The van der Waals surface area contributed by atoms with Crippen molar-refractivity contribution in [1.29, 1.82) is 0 Å². The third-order valence-corrected chi connectivity index (χ3v) is 5.86. The summed E-state index contributed by atoms with van der Waals surface area (Å²) in [5.74, 6) is 0. The molecule has 0 saturated carbocycles. The predicted octanol–water partition coefficient (Wildman–Crippen LogP) is 4.88. The van der Waals surface area contributed by atoms with Crippen LogP contribution in [0, 0.1) is 13.8 Å². The minimum atomic E-state index is -0.169. The fourth-order valence-corrected chi connectivity index (χ4v) is 4.16. The lowest BCUT2D eigenvalue weighted by Gasteiger charge is -2.15. The van der Waals surface area contributed by atoms with Gasteiger partial charge in [0.2, 0.25) is 0 Å². The summed E-state index contributed by atoms with van der Waals surface area (Å²) in [4.78, 5) is 23.9. The molecule has 2 aromatic carbocycles. The molecule has 0 bridgehead atoms. The Labute approximate surface area is 165 Å². The number of rotatable bonds is 3. The Balaban J connectivity index is 1.83. The summed E-state index contributed by atoms with van der Waals surface area (Å²) < 4.78 is 2.00. The third kappa shape index (κ3) is 3.11. The molecule has 0 aliphatic carbocycles. The van der Waals surface area contributed by atoms with Gasteiger partial charge in [0.25, 0.3) is 5.56 Å². The molecular weight excluding hydrogens is 380 g/mol. The molecule has 0 amide bonds. The van der Waals surface area contributed by atoms with Crippen LogP contribution >= 0.6 is 22.9 Å². The van der Waals surface area contributed by atoms with Crippen molar-refractivity contribution in [2.75, 3.05) is 11.9 Å². The number of nitrogens with zero attached hydrogens (tertiary/aromatic N) is 4. The van der Waals surface area contributed by atoms with Crippen LogP contribution < -0.4 is 10.5 Å². The molecule has 0 spiro atoms. The number of fused-ring (bicyclic) bond motifs is 1. The summed E-state index contributed by atoms with van der Waals surface area (Å²) in [6.07, 6.45) is 1.49. The van der Waals surface area contributed by atoms with Gasteiger partial charge in [0.1, 0.15) is 11.0 Å². The smallest absolute Gasteiger partial charge is 0.277 e. The summed E-state index contributed by atoms with van der Waals surface area (Å²) in [6.45, 7) is 3.96. The van der Waals surface area contributed by atoms with E-state index in [1.54, 1.807) is 6.07 Å². The minimum Gasteiger partial charge on any atom is -0.321 e. The molecule has 5 nitrogen and oxygen atoms in total. The van der Waals surface area contributed by atoms with E-state index in [1.165, 1.54) is 27.8 Å². The second-order valence-electron chi connectivity index (χ2n) is 6.37. The van der Waals surface area contributed by atoms with E-state index in [4.69, 9.17) is 11.6 Å². The molecule has 0 atom stereocenters. The minimum absolute atomic E-state index is 0.169. The Morgan fingerprint density at radius 2 is 1.85 bits per heavy atom. The molecule has 136 valence electrons. The molecule has 4 rings (SSSR count). The summed E-state index contributed by atoms with van der Waals surface area (Å²) in [6, 6.07) is 13.7. The highest BCUT2D eigenvalue weighted by Gasteiger charge is 2.17. The lowest BCUT2D eigenvalue weighted by atomic mass is 10.2. The van der Waals surface area contributed by atoms with Crippen molar-refractivity contribution in [3.63, 3.8) is 0 Å². The van der Waals surface area contributed by atoms with E-state index in [9.17, 15) is 4.79 Å². The van der Waals surface area contributed by atoms with Crippen molar-refractivity contribution in [1.82, 2.24) is 14.5 Å². The number of halogens is 1. The van der Waals surface area contributed by atoms with Gasteiger partial charge in [-0.1, -0.05) is 52.8 Å². The SMILES string of the molecule is Cc1ccc(N(C)c2nc3ncn(-c4c(C)cccc4Cl)c(=O)c3s2)cc1. The highest BCUT2D eigenvalue weighted by Crippen LogP contribution is 2.31. The van der Waals surface area contributed by atoms with E-state index in [0.717, 1.165) is 11.3 Å². The summed E-state index contributed by atoms with van der Waals surface area (Å²) >= 11 is 7.66.